The number of fused-ring (bicyclic) bond motifs is 1. The van der Waals surface area contributed by atoms with Crippen molar-refractivity contribution in [3.63, 3.8) is 0 Å². The lowest BCUT2D eigenvalue weighted by atomic mass is 9.85. The smallest absolute Gasteiger partial charge is 0.258 e. The molecule has 0 spiro atoms. The molecule has 0 saturated carbocycles. The Morgan fingerprint density at radius 2 is 1.75 bits per heavy atom. The second kappa shape index (κ2) is 9.28. The molecule has 7 nitrogen and oxygen atoms in total. The molecular weight excluding hydrogens is 468 g/mol. The lowest BCUT2D eigenvalue weighted by molar-refractivity contribution is 0.102. The number of aryl methyl sites for hydroxylation is 1. The Hall–Kier alpha value is -3.91. The first-order valence-electron chi connectivity index (χ1n) is 11.9. The van der Waals surface area contributed by atoms with E-state index in [9.17, 15) is 4.79 Å². The van der Waals surface area contributed by atoms with Gasteiger partial charge in [0, 0.05) is 17.0 Å². The second-order valence-electron chi connectivity index (χ2n) is 9.70. The average molecular weight is 497 g/mol. The largest absolute Gasteiger partial charge is 0.296 e. The van der Waals surface area contributed by atoms with Gasteiger partial charge in [-0.15, -0.1) is 10.2 Å². The predicted octanol–water partition coefficient (Wildman–Crippen LogP) is 6.42. The van der Waals surface area contributed by atoms with Crippen LogP contribution < -0.4 is 5.32 Å². The van der Waals surface area contributed by atoms with Crippen LogP contribution >= 0.6 is 11.3 Å². The Kier molecular flexibility index (Phi) is 6.14. The topological polar surface area (TPSA) is 85.6 Å². The molecule has 36 heavy (non-hydrogen) atoms. The molecule has 0 aliphatic carbocycles. The number of carbonyl (C=O) groups is 1. The summed E-state index contributed by atoms with van der Waals surface area (Å²) in [5, 5.41) is 18.1. The van der Waals surface area contributed by atoms with Gasteiger partial charge in [-0.2, -0.15) is 5.10 Å². The number of carbonyl (C=O) groups excluding carboxylic acids is 1. The van der Waals surface area contributed by atoms with E-state index in [1.807, 2.05) is 74.0 Å². The molecule has 3 aromatic heterocycles. The molecule has 1 N–H and O–H groups in total. The number of nitrogens with zero attached hydrogens (tertiary/aromatic N) is 5. The van der Waals surface area contributed by atoms with Crippen LogP contribution in [0.1, 0.15) is 60.2 Å². The number of benzene rings is 2. The SMILES string of the molecule is Cc1ccc(-c2cc(C(=O)Nc3nnc(C(C)(C)c4ccccc4)s3)c3cnn(C(C)C)c3n2)cc1. The van der Waals surface area contributed by atoms with E-state index in [-0.39, 0.29) is 17.4 Å². The lowest BCUT2D eigenvalue weighted by Gasteiger charge is -2.21. The second-order valence-corrected chi connectivity index (χ2v) is 10.7. The maximum absolute atomic E-state index is 13.5. The van der Waals surface area contributed by atoms with Gasteiger partial charge < -0.3 is 0 Å². The van der Waals surface area contributed by atoms with Crippen LogP contribution in [0.4, 0.5) is 5.13 Å². The fraction of sp³-hybridized carbons (Fsp3) is 0.250. The Labute approximate surface area is 214 Å². The summed E-state index contributed by atoms with van der Waals surface area (Å²) in [4.78, 5) is 18.4. The highest BCUT2D eigenvalue weighted by atomic mass is 32.1. The Balaban J connectivity index is 1.51. The van der Waals surface area contributed by atoms with Gasteiger partial charge in [0.2, 0.25) is 5.13 Å². The fourth-order valence-corrected chi connectivity index (χ4v) is 4.99. The zero-order valence-electron chi connectivity index (χ0n) is 21.0. The van der Waals surface area contributed by atoms with E-state index in [1.165, 1.54) is 11.3 Å². The number of amides is 1. The number of pyridine rings is 1. The van der Waals surface area contributed by atoms with Crippen molar-refractivity contribution in [1.82, 2.24) is 25.0 Å². The Morgan fingerprint density at radius 3 is 2.44 bits per heavy atom. The lowest BCUT2D eigenvalue weighted by Crippen LogP contribution is -2.18. The first-order chi connectivity index (χ1) is 17.2. The molecule has 0 saturated heterocycles. The zero-order chi connectivity index (χ0) is 25.4. The summed E-state index contributed by atoms with van der Waals surface area (Å²) in [6, 6.07) is 20.2. The van der Waals surface area contributed by atoms with E-state index in [4.69, 9.17) is 4.98 Å². The minimum atomic E-state index is -0.331. The third-order valence-electron chi connectivity index (χ3n) is 6.32. The van der Waals surface area contributed by atoms with Crippen molar-refractivity contribution >= 4 is 33.4 Å². The van der Waals surface area contributed by atoms with Crippen LogP contribution in [0.15, 0.2) is 66.9 Å². The van der Waals surface area contributed by atoms with Crippen molar-refractivity contribution in [2.45, 2.75) is 46.1 Å². The third-order valence-corrected chi connectivity index (χ3v) is 7.49. The minimum absolute atomic E-state index is 0.102. The van der Waals surface area contributed by atoms with E-state index in [0.717, 1.165) is 27.4 Å². The molecular formula is C28H28N6OS. The highest BCUT2D eigenvalue weighted by Gasteiger charge is 2.28. The molecule has 0 atom stereocenters. The van der Waals surface area contributed by atoms with Gasteiger partial charge in [0.15, 0.2) is 5.65 Å². The van der Waals surface area contributed by atoms with Gasteiger partial charge in [-0.1, -0.05) is 71.5 Å². The van der Waals surface area contributed by atoms with Crippen LogP contribution in [-0.4, -0.2) is 30.9 Å². The summed E-state index contributed by atoms with van der Waals surface area (Å²) in [5.74, 6) is -0.265. The van der Waals surface area contributed by atoms with Crippen molar-refractivity contribution in [2.24, 2.45) is 0 Å². The predicted molar refractivity (Wildman–Crippen MR) is 145 cm³/mol. The Bertz CT molecular complexity index is 1530. The molecule has 0 unspecified atom stereocenters. The molecule has 0 aliphatic rings. The molecule has 0 bridgehead atoms. The maximum Gasteiger partial charge on any atom is 0.258 e. The van der Waals surface area contributed by atoms with Gasteiger partial charge in [0.05, 0.1) is 22.8 Å². The number of hydrogen-bond acceptors (Lipinski definition) is 6. The first kappa shape index (κ1) is 23.8. The van der Waals surface area contributed by atoms with Crippen LogP contribution in [-0.2, 0) is 5.41 Å². The number of anilines is 1. The van der Waals surface area contributed by atoms with Gasteiger partial charge in [-0.25, -0.2) is 9.67 Å². The normalized spacial score (nSPS) is 11.8. The van der Waals surface area contributed by atoms with E-state index < -0.39 is 0 Å². The number of hydrogen-bond donors (Lipinski definition) is 1. The summed E-state index contributed by atoms with van der Waals surface area (Å²) >= 11 is 1.38. The molecule has 0 radical (unpaired) electrons. The van der Waals surface area contributed by atoms with E-state index in [2.05, 4.69) is 46.6 Å². The standard InChI is InChI=1S/C28H28N6OS/c1-17(2)34-24-22(16-29-34)21(15-23(30-24)19-13-11-18(3)12-14-19)25(35)31-27-33-32-26(36-27)28(4,5)20-9-7-6-8-10-20/h6-17H,1-5H3,(H,31,33,35). The number of nitrogens with one attached hydrogen (secondary N) is 1. The van der Waals surface area contributed by atoms with Crippen LogP contribution in [0.25, 0.3) is 22.3 Å². The molecule has 0 fully saturated rings. The van der Waals surface area contributed by atoms with E-state index in [0.29, 0.717) is 21.7 Å². The van der Waals surface area contributed by atoms with Crippen LogP contribution in [0.5, 0.6) is 0 Å². The fourth-order valence-electron chi connectivity index (χ4n) is 4.13. The van der Waals surface area contributed by atoms with Gasteiger partial charge in [-0.05, 0) is 46.2 Å². The van der Waals surface area contributed by atoms with Crippen LogP contribution in [0, 0.1) is 6.92 Å². The van der Waals surface area contributed by atoms with Crippen molar-refractivity contribution in [3.8, 4) is 11.3 Å². The van der Waals surface area contributed by atoms with Gasteiger partial charge in [0.25, 0.3) is 5.91 Å². The van der Waals surface area contributed by atoms with Crippen molar-refractivity contribution in [2.75, 3.05) is 5.32 Å². The molecule has 2 aromatic carbocycles. The van der Waals surface area contributed by atoms with Crippen molar-refractivity contribution in [3.05, 3.63) is 88.6 Å². The van der Waals surface area contributed by atoms with Gasteiger partial charge in [0.1, 0.15) is 5.01 Å². The zero-order valence-corrected chi connectivity index (χ0v) is 21.8. The van der Waals surface area contributed by atoms with Gasteiger partial charge >= 0.3 is 0 Å². The molecule has 0 aliphatic heterocycles. The van der Waals surface area contributed by atoms with E-state index >= 15 is 0 Å². The first-order valence-corrected chi connectivity index (χ1v) is 12.7. The maximum atomic E-state index is 13.5. The molecule has 1 amide bonds. The summed E-state index contributed by atoms with van der Waals surface area (Å²) < 4.78 is 1.84. The van der Waals surface area contributed by atoms with Gasteiger partial charge in [-0.3, -0.25) is 10.1 Å². The molecule has 5 aromatic rings. The number of aromatic nitrogens is 5. The molecule has 182 valence electrons. The van der Waals surface area contributed by atoms with E-state index in [1.54, 1.807) is 6.20 Å². The molecule has 8 heteroatoms. The third kappa shape index (κ3) is 4.40. The summed E-state index contributed by atoms with van der Waals surface area (Å²) in [6.07, 6.45) is 1.71. The van der Waals surface area contributed by atoms with Crippen molar-refractivity contribution < 1.29 is 4.79 Å². The average Bonchev–Trinajstić information content (AvgIpc) is 3.52. The molecule has 3 heterocycles. The monoisotopic (exact) mass is 496 g/mol. The summed E-state index contributed by atoms with van der Waals surface area (Å²) in [7, 11) is 0. The summed E-state index contributed by atoms with van der Waals surface area (Å²) in [5.41, 5.74) is 4.81. The minimum Gasteiger partial charge on any atom is -0.296 e. The summed E-state index contributed by atoms with van der Waals surface area (Å²) in [6.45, 7) is 10.3. The quantitative estimate of drug-likeness (QED) is 0.293. The number of rotatable bonds is 6. The Morgan fingerprint density at radius 1 is 1.03 bits per heavy atom. The van der Waals surface area contributed by atoms with Crippen LogP contribution in [0.2, 0.25) is 0 Å². The van der Waals surface area contributed by atoms with Crippen LogP contribution in [0.3, 0.4) is 0 Å². The molecule has 5 rings (SSSR count). The highest BCUT2D eigenvalue weighted by molar-refractivity contribution is 7.15. The highest BCUT2D eigenvalue weighted by Crippen LogP contribution is 2.35. The van der Waals surface area contributed by atoms with Crippen molar-refractivity contribution in [1.29, 1.82) is 0 Å².